The van der Waals surface area contributed by atoms with Crippen LogP contribution in [0.25, 0.3) is 0 Å². The zero-order valence-corrected chi connectivity index (χ0v) is 10.4. The predicted molar refractivity (Wildman–Crippen MR) is 62.4 cm³/mol. The Labute approximate surface area is 91.1 Å². The molecule has 1 unspecified atom stereocenters. The van der Waals surface area contributed by atoms with Crippen molar-refractivity contribution >= 4 is 16.9 Å². The lowest BCUT2D eigenvalue weighted by Crippen LogP contribution is -2.28. The van der Waals surface area contributed by atoms with Crippen LogP contribution in [0.2, 0.25) is 0 Å². The van der Waals surface area contributed by atoms with Gasteiger partial charge in [-0.25, -0.2) is 0 Å². The van der Waals surface area contributed by atoms with Gasteiger partial charge < -0.3 is 4.74 Å². The van der Waals surface area contributed by atoms with E-state index in [4.69, 9.17) is 4.74 Å². The molecule has 0 saturated heterocycles. The molecule has 0 aliphatic rings. The fourth-order valence-corrected chi connectivity index (χ4v) is 2.27. The lowest BCUT2D eigenvalue weighted by Gasteiger charge is -2.29. The number of ether oxygens (including phenoxy) is 1. The summed E-state index contributed by atoms with van der Waals surface area (Å²) in [5.74, 6) is 0. The monoisotopic (exact) mass is 216 g/mol. The lowest BCUT2D eigenvalue weighted by molar-refractivity contribution is -0.108. The molecule has 0 aromatic heterocycles. The van der Waals surface area contributed by atoms with Crippen LogP contribution in [-0.4, -0.2) is 17.2 Å². The van der Waals surface area contributed by atoms with Gasteiger partial charge in [0, 0.05) is 7.11 Å². The summed E-state index contributed by atoms with van der Waals surface area (Å²) in [7, 11) is 1.66. The summed E-state index contributed by atoms with van der Waals surface area (Å²) >= 11 is 1.26. The van der Waals surface area contributed by atoms with Crippen molar-refractivity contribution in [2.75, 3.05) is 7.11 Å². The van der Waals surface area contributed by atoms with E-state index < -0.39 is 0 Å². The van der Waals surface area contributed by atoms with Crippen molar-refractivity contribution in [3.05, 3.63) is 12.2 Å². The Kier molecular flexibility index (Phi) is 6.12. The normalized spacial score (nSPS) is 14.9. The van der Waals surface area contributed by atoms with Crippen LogP contribution in [0.1, 0.15) is 40.0 Å². The van der Waals surface area contributed by atoms with E-state index in [0.29, 0.717) is 5.57 Å². The van der Waals surface area contributed by atoms with E-state index in [9.17, 15) is 4.79 Å². The number of hydrogen-bond donors (Lipinski definition) is 0. The summed E-state index contributed by atoms with van der Waals surface area (Å²) in [5, 5.41) is 0.0298. The van der Waals surface area contributed by atoms with E-state index in [1.165, 1.54) is 11.8 Å². The third kappa shape index (κ3) is 3.84. The first kappa shape index (κ1) is 13.7. The van der Waals surface area contributed by atoms with Gasteiger partial charge in [-0.05, 0) is 37.1 Å². The number of methoxy groups -OCH3 is 1. The SMILES string of the molecule is C=C(C)C(=O)SC(CC)(CCC)OC. The Morgan fingerprint density at radius 1 is 1.50 bits per heavy atom. The molecule has 0 fully saturated rings. The molecule has 3 heteroatoms. The Balaban J connectivity index is 4.49. The van der Waals surface area contributed by atoms with E-state index in [-0.39, 0.29) is 10.0 Å². The van der Waals surface area contributed by atoms with E-state index in [1.807, 2.05) is 6.92 Å². The summed E-state index contributed by atoms with van der Waals surface area (Å²) in [6.45, 7) is 9.51. The van der Waals surface area contributed by atoms with Gasteiger partial charge in [0.1, 0.15) is 4.93 Å². The van der Waals surface area contributed by atoms with E-state index >= 15 is 0 Å². The molecule has 0 aliphatic heterocycles. The number of carbonyl (C=O) groups is 1. The minimum Gasteiger partial charge on any atom is -0.367 e. The minimum atomic E-state index is -0.356. The van der Waals surface area contributed by atoms with Gasteiger partial charge in [-0.1, -0.05) is 26.8 Å². The number of carbonyl (C=O) groups excluding carboxylic acids is 1. The summed E-state index contributed by atoms with van der Waals surface area (Å²) in [6.07, 6.45) is 2.74. The topological polar surface area (TPSA) is 26.3 Å². The molecule has 0 aromatic carbocycles. The summed E-state index contributed by atoms with van der Waals surface area (Å²) < 4.78 is 5.45. The predicted octanol–water partition coefficient (Wildman–Crippen LogP) is 3.38. The average Bonchev–Trinajstić information content (AvgIpc) is 2.16. The van der Waals surface area contributed by atoms with Gasteiger partial charge in [0.25, 0.3) is 0 Å². The first-order valence-corrected chi connectivity index (χ1v) is 5.77. The molecular formula is C11H20O2S. The van der Waals surface area contributed by atoms with Gasteiger partial charge in [-0.3, -0.25) is 4.79 Å². The fraction of sp³-hybridized carbons (Fsp3) is 0.727. The van der Waals surface area contributed by atoms with Gasteiger partial charge in [-0.15, -0.1) is 0 Å². The molecule has 0 saturated carbocycles. The quantitative estimate of drug-likeness (QED) is 0.503. The maximum absolute atomic E-state index is 11.5. The Morgan fingerprint density at radius 3 is 2.36 bits per heavy atom. The Morgan fingerprint density at radius 2 is 2.07 bits per heavy atom. The average molecular weight is 216 g/mol. The second-order valence-electron chi connectivity index (χ2n) is 3.39. The van der Waals surface area contributed by atoms with Crippen LogP contribution in [-0.2, 0) is 9.53 Å². The molecule has 0 N–H and O–H groups in total. The van der Waals surface area contributed by atoms with Crippen molar-refractivity contribution < 1.29 is 9.53 Å². The zero-order chi connectivity index (χ0) is 11.2. The lowest BCUT2D eigenvalue weighted by atomic mass is 10.1. The Hall–Kier alpha value is -0.280. The van der Waals surface area contributed by atoms with E-state index in [1.54, 1.807) is 14.0 Å². The van der Waals surface area contributed by atoms with Crippen molar-refractivity contribution in [2.24, 2.45) is 0 Å². The molecular weight excluding hydrogens is 196 g/mol. The smallest absolute Gasteiger partial charge is 0.217 e. The van der Waals surface area contributed by atoms with Gasteiger partial charge in [0.15, 0.2) is 0 Å². The van der Waals surface area contributed by atoms with Crippen molar-refractivity contribution in [3.63, 3.8) is 0 Å². The molecule has 1 atom stereocenters. The van der Waals surface area contributed by atoms with Gasteiger partial charge in [0.05, 0.1) is 0 Å². The van der Waals surface area contributed by atoms with Crippen molar-refractivity contribution in [1.82, 2.24) is 0 Å². The molecule has 0 bridgehead atoms. The van der Waals surface area contributed by atoms with Crippen LogP contribution in [0.3, 0.4) is 0 Å². The maximum Gasteiger partial charge on any atom is 0.217 e. The van der Waals surface area contributed by atoms with Crippen molar-refractivity contribution in [1.29, 1.82) is 0 Å². The molecule has 2 nitrogen and oxygen atoms in total. The van der Waals surface area contributed by atoms with Gasteiger partial charge in [0.2, 0.25) is 5.12 Å². The summed E-state index contributed by atoms with van der Waals surface area (Å²) in [6, 6.07) is 0. The van der Waals surface area contributed by atoms with Crippen molar-refractivity contribution in [3.8, 4) is 0 Å². The zero-order valence-electron chi connectivity index (χ0n) is 9.55. The van der Waals surface area contributed by atoms with Crippen LogP contribution in [0.4, 0.5) is 0 Å². The number of rotatable bonds is 6. The largest absolute Gasteiger partial charge is 0.367 e. The second-order valence-corrected chi connectivity index (χ2v) is 4.71. The third-order valence-corrected chi connectivity index (χ3v) is 3.73. The molecule has 0 aromatic rings. The Bertz CT molecular complexity index is 207. The van der Waals surface area contributed by atoms with Crippen LogP contribution < -0.4 is 0 Å². The van der Waals surface area contributed by atoms with Crippen molar-refractivity contribution in [2.45, 2.75) is 45.0 Å². The first-order valence-electron chi connectivity index (χ1n) is 4.95. The highest BCUT2D eigenvalue weighted by Crippen LogP contribution is 2.36. The number of hydrogen-bond acceptors (Lipinski definition) is 3. The molecule has 0 rings (SSSR count). The molecule has 0 amide bonds. The molecule has 0 spiro atoms. The second kappa shape index (κ2) is 6.25. The molecule has 0 aliphatic carbocycles. The van der Waals surface area contributed by atoms with Crippen LogP contribution in [0, 0.1) is 0 Å². The highest BCUT2D eigenvalue weighted by molar-refractivity contribution is 8.15. The van der Waals surface area contributed by atoms with Gasteiger partial charge >= 0.3 is 0 Å². The van der Waals surface area contributed by atoms with Crippen LogP contribution in [0.15, 0.2) is 12.2 Å². The van der Waals surface area contributed by atoms with Crippen LogP contribution in [0.5, 0.6) is 0 Å². The third-order valence-electron chi connectivity index (χ3n) is 2.17. The number of thioether (sulfide) groups is 1. The fourth-order valence-electron chi connectivity index (χ4n) is 1.22. The summed E-state index contributed by atoms with van der Waals surface area (Å²) in [4.78, 5) is 11.2. The van der Waals surface area contributed by atoms with Crippen LogP contribution >= 0.6 is 11.8 Å². The van der Waals surface area contributed by atoms with Gasteiger partial charge in [-0.2, -0.15) is 0 Å². The summed E-state index contributed by atoms with van der Waals surface area (Å²) in [5.41, 5.74) is 0.584. The maximum atomic E-state index is 11.5. The molecule has 82 valence electrons. The molecule has 14 heavy (non-hydrogen) atoms. The first-order chi connectivity index (χ1) is 6.51. The molecule has 0 radical (unpaired) electrons. The minimum absolute atomic E-state index is 0.0298. The highest BCUT2D eigenvalue weighted by Gasteiger charge is 2.30. The molecule has 0 heterocycles. The van der Waals surface area contributed by atoms with E-state index in [2.05, 4.69) is 13.5 Å². The van der Waals surface area contributed by atoms with E-state index in [0.717, 1.165) is 19.3 Å². The standard InChI is InChI=1S/C11H20O2S/c1-6-8-11(7-2,13-5)14-10(12)9(3)4/h3,6-8H2,1-2,4-5H3. The highest BCUT2D eigenvalue weighted by atomic mass is 32.2.